The predicted octanol–water partition coefficient (Wildman–Crippen LogP) is 3.79. The monoisotopic (exact) mass is 353 g/mol. The van der Waals surface area contributed by atoms with Crippen molar-refractivity contribution < 1.29 is 13.5 Å². The van der Waals surface area contributed by atoms with Crippen molar-refractivity contribution in [3.8, 4) is 0 Å². The first-order chi connectivity index (χ1) is 11.4. The first kappa shape index (κ1) is 19.3. The lowest BCUT2D eigenvalue weighted by Gasteiger charge is -2.36. The molecule has 24 heavy (non-hydrogen) atoms. The second-order valence-corrected chi connectivity index (χ2v) is 9.08. The molecule has 1 atom stereocenters. The predicted molar refractivity (Wildman–Crippen MR) is 99.2 cm³/mol. The van der Waals surface area contributed by atoms with E-state index in [0.29, 0.717) is 11.3 Å². The van der Waals surface area contributed by atoms with Crippen LogP contribution in [0.25, 0.3) is 0 Å². The minimum Gasteiger partial charge on any atom is -0.392 e. The van der Waals surface area contributed by atoms with E-state index in [0.717, 1.165) is 49.8 Å². The van der Waals surface area contributed by atoms with Crippen molar-refractivity contribution in [3.05, 3.63) is 23.8 Å². The summed E-state index contributed by atoms with van der Waals surface area (Å²) >= 11 is 0. The Balaban J connectivity index is 2.47. The summed E-state index contributed by atoms with van der Waals surface area (Å²) in [5, 5.41) is 14.1. The van der Waals surface area contributed by atoms with Gasteiger partial charge in [0.2, 0.25) is 0 Å². The van der Waals surface area contributed by atoms with E-state index in [1.165, 1.54) is 0 Å². The Kier molecular flexibility index (Phi) is 6.32. The third-order valence-corrected chi connectivity index (χ3v) is 7.36. The van der Waals surface area contributed by atoms with Crippen LogP contribution in [-0.2, 0) is 16.3 Å². The van der Waals surface area contributed by atoms with Crippen LogP contribution in [0.2, 0.25) is 0 Å². The van der Waals surface area contributed by atoms with Gasteiger partial charge in [-0.05, 0) is 36.6 Å². The lowest BCUT2D eigenvalue weighted by molar-refractivity contribution is 0.0250. The number of hydrogen-bond acceptors (Lipinski definition) is 4. The molecule has 4 nitrogen and oxygen atoms in total. The van der Waals surface area contributed by atoms with Crippen LogP contribution in [0.3, 0.4) is 0 Å². The van der Waals surface area contributed by atoms with E-state index < -0.39 is 21.4 Å². The maximum Gasteiger partial charge on any atom is 0.179 e. The summed E-state index contributed by atoms with van der Waals surface area (Å²) in [5.41, 5.74) is 1.10. The molecule has 2 rings (SSSR count). The highest BCUT2D eigenvalue weighted by Gasteiger charge is 2.44. The van der Waals surface area contributed by atoms with Gasteiger partial charge in [0.05, 0.1) is 16.8 Å². The van der Waals surface area contributed by atoms with E-state index in [4.69, 9.17) is 0 Å². The fourth-order valence-corrected chi connectivity index (χ4v) is 6.05. The summed E-state index contributed by atoms with van der Waals surface area (Å²) in [6.45, 7) is 4.22. The van der Waals surface area contributed by atoms with E-state index in [-0.39, 0.29) is 5.75 Å². The summed E-state index contributed by atoms with van der Waals surface area (Å²) < 4.78 is 26.1. The quantitative estimate of drug-likeness (QED) is 0.783. The number of unbranched alkanes of at least 4 members (excludes halogenated alkanes) is 2. The summed E-state index contributed by atoms with van der Waals surface area (Å²) in [6.07, 6.45) is 5.28. The molecule has 0 amide bonds. The zero-order valence-electron chi connectivity index (χ0n) is 15.1. The number of nitrogens with one attached hydrogen (secondary N) is 1. The average molecular weight is 354 g/mol. The maximum absolute atomic E-state index is 13.0. The molecule has 0 saturated heterocycles. The molecular formula is C19H31NO3S. The SMILES string of the molecule is CCCCC1(CCCC)CS(=O)(=O)c2ccc(NC)cc2CC1O. The van der Waals surface area contributed by atoms with E-state index in [2.05, 4.69) is 19.2 Å². The van der Waals surface area contributed by atoms with E-state index in [1.807, 2.05) is 13.1 Å². The van der Waals surface area contributed by atoms with Gasteiger partial charge in [-0.25, -0.2) is 8.42 Å². The molecule has 0 fully saturated rings. The standard InChI is InChI=1S/C19H31NO3S/c1-4-6-10-19(11-7-5-2)14-24(22,23)17-9-8-16(20-3)12-15(17)13-18(19)21/h8-9,12,18,20-21H,4-7,10-11,13-14H2,1-3H3. The van der Waals surface area contributed by atoms with Crippen LogP contribution in [-0.4, -0.2) is 32.4 Å². The lowest BCUT2D eigenvalue weighted by atomic mass is 9.73. The van der Waals surface area contributed by atoms with Gasteiger partial charge >= 0.3 is 0 Å². The molecule has 1 aromatic carbocycles. The Morgan fingerprint density at radius 1 is 1.21 bits per heavy atom. The van der Waals surface area contributed by atoms with Crippen molar-refractivity contribution in [1.82, 2.24) is 0 Å². The minimum absolute atomic E-state index is 0.0626. The third-order valence-electron chi connectivity index (χ3n) is 5.34. The highest BCUT2D eigenvalue weighted by molar-refractivity contribution is 7.91. The fraction of sp³-hybridized carbons (Fsp3) is 0.684. The van der Waals surface area contributed by atoms with E-state index >= 15 is 0 Å². The van der Waals surface area contributed by atoms with Gasteiger partial charge in [-0.2, -0.15) is 0 Å². The van der Waals surface area contributed by atoms with Crippen LogP contribution in [0.5, 0.6) is 0 Å². The lowest BCUT2D eigenvalue weighted by Crippen LogP contribution is -2.41. The van der Waals surface area contributed by atoms with Crippen molar-refractivity contribution in [2.75, 3.05) is 18.1 Å². The maximum atomic E-state index is 13.0. The van der Waals surface area contributed by atoms with Gasteiger partial charge in [-0.15, -0.1) is 0 Å². The fourth-order valence-electron chi connectivity index (χ4n) is 3.84. The zero-order chi connectivity index (χ0) is 17.8. The molecule has 0 aromatic heterocycles. The second kappa shape index (κ2) is 7.87. The molecule has 5 heteroatoms. The molecule has 136 valence electrons. The van der Waals surface area contributed by atoms with Crippen molar-refractivity contribution in [3.63, 3.8) is 0 Å². The Morgan fingerprint density at radius 2 is 1.83 bits per heavy atom. The van der Waals surface area contributed by atoms with Crippen molar-refractivity contribution in [1.29, 1.82) is 0 Å². The molecule has 1 unspecified atom stereocenters. The van der Waals surface area contributed by atoms with Gasteiger partial charge < -0.3 is 10.4 Å². The Hall–Kier alpha value is -1.07. The Morgan fingerprint density at radius 3 is 2.38 bits per heavy atom. The van der Waals surface area contributed by atoms with E-state index in [1.54, 1.807) is 12.1 Å². The largest absolute Gasteiger partial charge is 0.392 e. The third kappa shape index (κ3) is 3.94. The smallest absolute Gasteiger partial charge is 0.179 e. The number of aliphatic hydroxyl groups excluding tert-OH is 1. The second-order valence-electron chi connectivity index (χ2n) is 7.12. The Labute approximate surface area is 146 Å². The van der Waals surface area contributed by atoms with Gasteiger partial charge in [0.15, 0.2) is 9.84 Å². The average Bonchev–Trinajstić information content (AvgIpc) is 2.64. The van der Waals surface area contributed by atoms with Crippen LogP contribution in [0.1, 0.15) is 57.9 Å². The van der Waals surface area contributed by atoms with Gasteiger partial charge in [0, 0.05) is 24.6 Å². The topological polar surface area (TPSA) is 66.4 Å². The highest BCUT2D eigenvalue weighted by atomic mass is 32.2. The number of rotatable bonds is 7. The molecule has 0 radical (unpaired) electrons. The van der Waals surface area contributed by atoms with Crippen LogP contribution < -0.4 is 5.32 Å². The number of fused-ring (bicyclic) bond motifs is 1. The minimum atomic E-state index is -3.39. The Bertz CT molecular complexity index is 647. The molecular weight excluding hydrogens is 322 g/mol. The number of aliphatic hydroxyl groups is 1. The summed E-state index contributed by atoms with van der Waals surface area (Å²) in [7, 11) is -1.58. The zero-order valence-corrected chi connectivity index (χ0v) is 16.0. The molecule has 0 spiro atoms. The van der Waals surface area contributed by atoms with Gasteiger partial charge in [-0.1, -0.05) is 39.5 Å². The number of anilines is 1. The molecule has 1 aliphatic rings. The number of sulfone groups is 1. The van der Waals surface area contributed by atoms with Crippen LogP contribution in [0, 0.1) is 5.41 Å². The van der Waals surface area contributed by atoms with Crippen molar-refractivity contribution in [2.24, 2.45) is 5.41 Å². The summed E-state index contributed by atoms with van der Waals surface area (Å²) in [5.74, 6) is 0.0626. The highest BCUT2D eigenvalue weighted by Crippen LogP contribution is 2.43. The first-order valence-corrected chi connectivity index (χ1v) is 10.7. The normalized spacial score (nSPS) is 21.8. The molecule has 2 N–H and O–H groups in total. The van der Waals surface area contributed by atoms with Gasteiger partial charge in [-0.3, -0.25) is 0 Å². The van der Waals surface area contributed by atoms with E-state index in [9.17, 15) is 13.5 Å². The molecule has 1 aromatic rings. The van der Waals surface area contributed by atoms with Crippen LogP contribution in [0.4, 0.5) is 5.69 Å². The molecule has 0 bridgehead atoms. The van der Waals surface area contributed by atoms with Gasteiger partial charge in [0.25, 0.3) is 0 Å². The number of hydrogen-bond donors (Lipinski definition) is 2. The first-order valence-electron chi connectivity index (χ1n) is 9.10. The summed E-state index contributed by atoms with van der Waals surface area (Å²) in [6, 6.07) is 5.36. The molecule has 1 heterocycles. The van der Waals surface area contributed by atoms with Crippen LogP contribution in [0.15, 0.2) is 23.1 Å². The molecule has 1 aliphatic heterocycles. The van der Waals surface area contributed by atoms with Crippen molar-refractivity contribution in [2.45, 2.75) is 69.8 Å². The number of benzene rings is 1. The molecule has 0 aliphatic carbocycles. The summed E-state index contributed by atoms with van der Waals surface area (Å²) in [4.78, 5) is 0.399. The van der Waals surface area contributed by atoms with Crippen LogP contribution >= 0.6 is 0 Å². The van der Waals surface area contributed by atoms with Gasteiger partial charge in [0.1, 0.15) is 0 Å². The molecule has 0 saturated carbocycles. The van der Waals surface area contributed by atoms with Crippen molar-refractivity contribution >= 4 is 15.5 Å².